The summed E-state index contributed by atoms with van der Waals surface area (Å²) in [6.07, 6.45) is 0. The Bertz CT molecular complexity index is 713. The van der Waals surface area contributed by atoms with E-state index < -0.39 is 10.9 Å². The third-order valence-electron chi connectivity index (χ3n) is 2.98. The van der Waals surface area contributed by atoms with Crippen molar-refractivity contribution in [3.63, 3.8) is 0 Å². The summed E-state index contributed by atoms with van der Waals surface area (Å²) in [4.78, 5) is 31.4. The van der Waals surface area contributed by atoms with Crippen LogP contribution in [0.2, 0.25) is 0 Å². The molecule has 0 atom stereocenters. The zero-order valence-electron chi connectivity index (χ0n) is 11.9. The Kier molecular flexibility index (Phi) is 4.70. The van der Waals surface area contributed by atoms with Crippen LogP contribution in [0.5, 0.6) is 5.75 Å². The maximum atomic E-state index is 12.1. The molecule has 0 bridgehead atoms. The number of ether oxygens (including phenoxy) is 1. The van der Waals surface area contributed by atoms with Crippen molar-refractivity contribution in [2.24, 2.45) is 0 Å². The number of hydrogen-bond donors (Lipinski definition) is 0. The van der Waals surface area contributed by atoms with Crippen molar-refractivity contribution in [2.75, 3.05) is 14.2 Å². The highest BCUT2D eigenvalue weighted by molar-refractivity contribution is 6.00. The van der Waals surface area contributed by atoms with Crippen LogP contribution in [0.1, 0.15) is 10.4 Å². The molecule has 0 spiro atoms. The Morgan fingerprint density at radius 3 is 2.50 bits per heavy atom. The van der Waals surface area contributed by atoms with E-state index in [1.54, 1.807) is 30.3 Å². The van der Waals surface area contributed by atoms with E-state index in [2.05, 4.69) is 9.78 Å². The minimum atomic E-state index is -0.749. The molecule has 2 aromatic carbocycles. The molecule has 0 heterocycles. The quantitative estimate of drug-likeness (QED) is 0.479. The highest BCUT2D eigenvalue weighted by atomic mass is 17.2. The zero-order chi connectivity index (χ0) is 16.1. The lowest BCUT2D eigenvalue weighted by Crippen LogP contribution is -2.08. The fraction of sp³-hybridized carbons (Fsp3) is 0.133. The molecule has 0 amide bonds. The second-order valence-electron chi connectivity index (χ2n) is 4.23. The lowest BCUT2D eigenvalue weighted by Gasteiger charge is -2.12. The molecule has 0 aliphatic rings. The van der Waals surface area contributed by atoms with Crippen molar-refractivity contribution in [1.29, 1.82) is 0 Å². The first kappa shape index (κ1) is 15.5. The SMILES string of the molecule is COOC(=O)c1c(OC)cccc1-c1cccc([N+](=O)[O-])c1. The summed E-state index contributed by atoms with van der Waals surface area (Å²) in [7, 11) is 2.62. The maximum Gasteiger partial charge on any atom is 0.377 e. The van der Waals surface area contributed by atoms with E-state index in [-0.39, 0.29) is 17.0 Å². The molecule has 0 fully saturated rings. The number of carbonyl (C=O) groups excluding carboxylic acids is 1. The molecule has 0 aliphatic heterocycles. The Hall–Kier alpha value is -2.93. The molecule has 0 aliphatic carbocycles. The summed E-state index contributed by atoms with van der Waals surface area (Å²) >= 11 is 0. The van der Waals surface area contributed by atoms with Crippen LogP contribution in [-0.4, -0.2) is 25.1 Å². The monoisotopic (exact) mass is 303 g/mol. The third-order valence-corrected chi connectivity index (χ3v) is 2.98. The number of hydrogen-bond acceptors (Lipinski definition) is 6. The standard InChI is InChI=1S/C15H13NO6/c1-20-13-8-4-7-12(14(13)15(17)22-21-2)10-5-3-6-11(9-10)16(18)19/h3-9H,1-2H3. The molecule has 7 nitrogen and oxygen atoms in total. The fourth-order valence-corrected chi connectivity index (χ4v) is 2.06. The van der Waals surface area contributed by atoms with Crippen molar-refractivity contribution in [1.82, 2.24) is 0 Å². The van der Waals surface area contributed by atoms with Gasteiger partial charge in [-0.1, -0.05) is 24.3 Å². The Labute approximate surface area is 126 Å². The molecule has 7 heteroatoms. The van der Waals surface area contributed by atoms with Gasteiger partial charge in [0.15, 0.2) is 0 Å². The molecule has 0 N–H and O–H groups in total. The number of nitrogens with zero attached hydrogens (tertiary/aromatic N) is 1. The van der Waals surface area contributed by atoms with Crippen molar-refractivity contribution in [2.45, 2.75) is 0 Å². The van der Waals surface area contributed by atoms with Crippen LogP contribution in [0, 0.1) is 10.1 Å². The normalized spacial score (nSPS) is 10.1. The van der Waals surface area contributed by atoms with E-state index in [0.29, 0.717) is 11.1 Å². The summed E-state index contributed by atoms with van der Waals surface area (Å²) in [5.74, 6) is -0.465. The molecule has 0 saturated carbocycles. The Balaban J connectivity index is 2.62. The first-order valence-corrected chi connectivity index (χ1v) is 6.25. The lowest BCUT2D eigenvalue weighted by atomic mass is 9.98. The molecular formula is C15H13NO6. The number of nitro benzene ring substituents is 1. The highest BCUT2D eigenvalue weighted by Crippen LogP contribution is 2.33. The van der Waals surface area contributed by atoms with E-state index in [1.807, 2.05) is 0 Å². The van der Waals surface area contributed by atoms with Crippen LogP contribution in [0.4, 0.5) is 5.69 Å². The number of benzene rings is 2. The Morgan fingerprint density at radius 1 is 1.14 bits per heavy atom. The average Bonchev–Trinajstić information content (AvgIpc) is 2.54. The number of non-ortho nitro benzene ring substituents is 1. The van der Waals surface area contributed by atoms with Gasteiger partial charge in [-0.3, -0.25) is 15.0 Å². The molecular weight excluding hydrogens is 290 g/mol. The van der Waals surface area contributed by atoms with E-state index in [0.717, 1.165) is 0 Å². The minimum Gasteiger partial charge on any atom is -0.496 e. The summed E-state index contributed by atoms with van der Waals surface area (Å²) in [5.41, 5.74) is 1.000. The van der Waals surface area contributed by atoms with Gasteiger partial charge in [0.1, 0.15) is 11.3 Å². The van der Waals surface area contributed by atoms with Crippen molar-refractivity contribution >= 4 is 11.7 Å². The van der Waals surface area contributed by atoms with Gasteiger partial charge in [-0.05, 0) is 11.6 Å². The molecule has 114 valence electrons. The van der Waals surface area contributed by atoms with Gasteiger partial charge in [-0.25, -0.2) is 4.79 Å². The number of methoxy groups -OCH3 is 1. The van der Waals surface area contributed by atoms with E-state index in [1.165, 1.54) is 26.4 Å². The summed E-state index contributed by atoms with van der Waals surface area (Å²) in [6.45, 7) is 0. The van der Waals surface area contributed by atoms with Gasteiger partial charge in [0.05, 0.1) is 19.1 Å². The summed E-state index contributed by atoms with van der Waals surface area (Å²) in [5, 5.41) is 10.9. The van der Waals surface area contributed by atoms with Crippen LogP contribution >= 0.6 is 0 Å². The van der Waals surface area contributed by atoms with E-state index >= 15 is 0 Å². The van der Waals surface area contributed by atoms with Crippen molar-refractivity contribution in [3.8, 4) is 16.9 Å². The predicted molar refractivity (Wildman–Crippen MR) is 77.5 cm³/mol. The zero-order valence-corrected chi connectivity index (χ0v) is 11.9. The maximum absolute atomic E-state index is 12.1. The van der Waals surface area contributed by atoms with Crippen molar-refractivity contribution in [3.05, 3.63) is 58.1 Å². The molecule has 2 aromatic rings. The van der Waals surface area contributed by atoms with Gasteiger partial charge in [0, 0.05) is 17.7 Å². The second-order valence-corrected chi connectivity index (χ2v) is 4.23. The summed E-state index contributed by atoms with van der Waals surface area (Å²) in [6, 6.07) is 10.9. The number of nitro groups is 1. The smallest absolute Gasteiger partial charge is 0.377 e. The minimum absolute atomic E-state index is 0.0774. The van der Waals surface area contributed by atoms with Gasteiger partial charge in [0.25, 0.3) is 5.69 Å². The fourth-order valence-electron chi connectivity index (χ4n) is 2.06. The van der Waals surface area contributed by atoms with Gasteiger partial charge < -0.3 is 4.74 Å². The van der Waals surface area contributed by atoms with Crippen molar-refractivity contribution < 1.29 is 24.2 Å². The van der Waals surface area contributed by atoms with E-state index in [9.17, 15) is 14.9 Å². The van der Waals surface area contributed by atoms with Gasteiger partial charge in [-0.2, -0.15) is 4.89 Å². The molecule has 0 unspecified atom stereocenters. The molecule has 0 aromatic heterocycles. The first-order chi connectivity index (χ1) is 10.6. The van der Waals surface area contributed by atoms with Gasteiger partial charge in [0.2, 0.25) is 0 Å². The first-order valence-electron chi connectivity index (χ1n) is 6.25. The molecule has 2 rings (SSSR count). The van der Waals surface area contributed by atoms with Gasteiger partial charge >= 0.3 is 5.97 Å². The lowest BCUT2D eigenvalue weighted by molar-refractivity contribution is -0.384. The van der Waals surface area contributed by atoms with Gasteiger partial charge in [-0.15, -0.1) is 0 Å². The number of carbonyl (C=O) groups is 1. The molecule has 0 radical (unpaired) electrons. The van der Waals surface area contributed by atoms with E-state index in [4.69, 9.17) is 4.74 Å². The predicted octanol–water partition coefficient (Wildman–Crippen LogP) is 2.99. The topological polar surface area (TPSA) is 87.9 Å². The highest BCUT2D eigenvalue weighted by Gasteiger charge is 2.21. The van der Waals surface area contributed by atoms with Crippen LogP contribution < -0.4 is 4.74 Å². The largest absolute Gasteiger partial charge is 0.496 e. The molecule has 0 saturated heterocycles. The average molecular weight is 303 g/mol. The van der Waals surface area contributed by atoms with Crippen LogP contribution in [0.25, 0.3) is 11.1 Å². The van der Waals surface area contributed by atoms with Crippen LogP contribution in [0.15, 0.2) is 42.5 Å². The molecule has 22 heavy (non-hydrogen) atoms. The summed E-state index contributed by atoms with van der Waals surface area (Å²) < 4.78 is 5.16. The Morgan fingerprint density at radius 2 is 1.86 bits per heavy atom. The third kappa shape index (κ3) is 3.04. The number of rotatable bonds is 5. The van der Waals surface area contributed by atoms with Crippen LogP contribution in [0.3, 0.4) is 0 Å². The second kappa shape index (κ2) is 6.68. The van der Waals surface area contributed by atoms with Crippen LogP contribution in [-0.2, 0) is 9.78 Å².